The first kappa shape index (κ1) is 12.3. The molecule has 0 aliphatic carbocycles. The number of nitrogens with zero attached hydrogens (tertiary/aromatic N) is 3. The summed E-state index contributed by atoms with van der Waals surface area (Å²) in [6.07, 6.45) is 1.98. The minimum absolute atomic E-state index is 0.747. The molecule has 0 atom stereocenters. The van der Waals surface area contributed by atoms with Gasteiger partial charge in [-0.15, -0.1) is 5.10 Å². The van der Waals surface area contributed by atoms with E-state index >= 15 is 0 Å². The van der Waals surface area contributed by atoms with E-state index in [0.717, 1.165) is 17.8 Å². The molecule has 0 bridgehead atoms. The molecule has 3 rings (SSSR count). The first-order valence-electron chi connectivity index (χ1n) is 6.01. The molecule has 0 saturated heterocycles. The van der Waals surface area contributed by atoms with Gasteiger partial charge in [-0.2, -0.15) is 0 Å². The molecule has 19 heavy (non-hydrogen) atoms. The average molecular weight is 361 g/mol. The van der Waals surface area contributed by atoms with Crippen LogP contribution in [0.1, 0.15) is 5.56 Å². The number of rotatable bonds is 3. The van der Waals surface area contributed by atoms with E-state index in [1.807, 2.05) is 41.2 Å². The Morgan fingerprint density at radius 1 is 1.00 bits per heavy atom. The second-order valence-corrected chi connectivity index (χ2v) is 5.54. The lowest BCUT2D eigenvalue weighted by Crippen LogP contribution is -2.00. The van der Waals surface area contributed by atoms with Crippen LogP contribution in [0.2, 0.25) is 0 Å². The molecule has 1 aromatic heterocycles. The zero-order chi connectivity index (χ0) is 13.1. The van der Waals surface area contributed by atoms with Crippen molar-refractivity contribution in [1.29, 1.82) is 0 Å². The highest BCUT2D eigenvalue weighted by atomic mass is 127. The van der Waals surface area contributed by atoms with Crippen LogP contribution in [0.15, 0.2) is 60.8 Å². The van der Waals surface area contributed by atoms with Crippen LogP contribution in [-0.2, 0) is 6.54 Å². The summed E-state index contributed by atoms with van der Waals surface area (Å²) in [6, 6.07) is 18.5. The van der Waals surface area contributed by atoms with Gasteiger partial charge in [-0.25, -0.2) is 4.68 Å². The Labute approximate surface area is 125 Å². The molecular weight excluding hydrogens is 349 g/mol. The van der Waals surface area contributed by atoms with Gasteiger partial charge in [-0.05, 0) is 40.3 Å². The third-order valence-corrected chi connectivity index (χ3v) is 3.51. The van der Waals surface area contributed by atoms with Crippen LogP contribution in [0.5, 0.6) is 0 Å². The van der Waals surface area contributed by atoms with E-state index < -0.39 is 0 Å². The maximum atomic E-state index is 4.22. The Hall–Kier alpha value is -1.69. The number of halogens is 1. The van der Waals surface area contributed by atoms with Gasteiger partial charge >= 0.3 is 0 Å². The first-order chi connectivity index (χ1) is 9.31. The molecule has 0 aliphatic heterocycles. The fraction of sp³-hybridized carbons (Fsp3) is 0.0667. The van der Waals surface area contributed by atoms with Gasteiger partial charge in [0.2, 0.25) is 0 Å². The molecule has 94 valence electrons. The minimum Gasteiger partial charge on any atom is -0.247 e. The normalized spacial score (nSPS) is 10.6. The molecule has 1 heterocycles. The van der Waals surface area contributed by atoms with Crippen molar-refractivity contribution in [3.05, 3.63) is 69.9 Å². The molecule has 0 saturated carbocycles. The van der Waals surface area contributed by atoms with Crippen molar-refractivity contribution in [3.8, 4) is 11.3 Å². The van der Waals surface area contributed by atoms with E-state index in [0.29, 0.717) is 0 Å². The maximum absolute atomic E-state index is 4.22. The largest absolute Gasteiger partial charge is 0.247 e. The van der Waals surface area contributed by atoms with Crippen molar-refractivity contribution in [1.82, 2.24) is 15.0 Å². The molecule has 4 heteroatoms. The summed E-state index contributed by atoms with van der Waals surface area (Å²) >= 11 is 2.32. The van der Waals surface area contributed by atoms with E-state index in [1.54, 1.807) is 0 Å². The third kappa shape index (κ3) is 3.01. The lowest BCUT2D eigenvalue weighted by atomic mass is 10.2. The van der Waals surface area contributed by atoms with Crippen LogP contribution >= 0.6 is 22.6 Å². The predicted molar refractivity (Wildman–Crippen MR) is 83.7 cm³/mol. The van der Waals surface area contributed by atoms with Crippen LogP contribution in [-0.4, -0.2) is 15.0 Å². The van der Waals surface area contributed by atoms with Crippen molar-refractivity contribution in [2.75, 3.05) is 0 Å². The van der Waals surface area contributed by atoms with Gasteiger partial charge in [-0.1, -0.05) is 47.7 Å². The number of benzene rings is 2. The minimum atomic E-state index is 0.747. The van der Waals surface area contributed by atoms with Gasteiger partial charge < -0.3 is 0 Å². The summed E-state index contributed by atoms with van der Waals surface area (Å²) in [5.41, 5.74) is 3.24. The highest BCUT2D eigenvalue weighted by Gasteiger charge is 2.03. The predicted octanol–water partition coefficient (Wildman–Crippen LogP) is 3.60. The van der Waals surface area contributed by atoms with Gasteiger partial charge in [0.15, 0.2) is 0 Å². The highest BCUT2D eigenvalue weighted by Crippen LogP contribution is 2.15. The molecule has 2 aromatic carbocycles. The van der Waals surface area contributed by atoms with Crippen molar-refractivity contribution in [2.24, 2.45) is 0 Å². The fourth-order valence-corrected chi connectivity index (χ4v) is 2.55. The van der Waals surface area contributed by atoms with Crippen LogP contribution in [0.4, 0.5) is 0 Å². The average Bonchev–Trinajstić information content (AvgIpc) is 2.88. The molecule has 0 aliphatic rings. The van der Waals surface area contributed by atoms with Crippen LogP contribution in [0.3, 0.4) is 0 Å². The first-order valence-corrected chi connectivity index (χ1v) is 7.09. The summed E-state index contributed by atoms with van der Waals surface area (Å²) in [4.78, 5) is 0. The van der Waals surface area contributed by atoms with E-state index in [9.17, 15) is 0 Å². The number of hydrogen-bond acceptors (Lipinski definition) is 2. The second-order valence-electron chi connectivity index (χ2n) is 4.30. The molecule has 0 fully saturated rings. The Bertz CT molecular complexity index is 677. The van der Waals surface area contributed by atoms with Crippen LogP contribution in [0, 0.1) is 3.57 Å². The van der Waals surface area contributed by atoms with E-state index in [4.69, 9.17) is 0 Å². The van der Waals surface area contributed by atoms with E-state index in [2.05, 4.69) is 57.2 Å². The van der Waals surface area contributed by atoms with Crippen molar-refractivity contribution < 1.29 is 0 Å². The molecule has 3 nitrogen and oxygen atoms in total. The Kier molecular flexibility index (Phi) is 3.59. The highest BCUT2D eigenvalue weighted by molar-refractivity contribution is 14.1. The smallest absolute Gasteiger partial charge is 0.113 e. The zero-order valence-electron chi connectivity index (χ0n) is 10.2. The summed E-state index contributed by atoms with van der Waals surface area (Å²) in [5, 5.41) is 8.40. The zero-order valence-corrected chi connectivity index (χ0v) is 12.4. The van der Waals surface area contributed by atoms with Gasteiger partial charge in [0.05, 0.1) is 12.7 Å². The monoisotopic (exact) mass is 361 g/mol. The van der Waals surface area contributed by atoms with Crippen molar-refractivity contribution >= 4 is 22.6 Å². The Morgan fingerprint density at radius 2 is 1.84 bits per heavy atom. The quantitative estimate of drug-likeness (QED) is 0.668. The lowest BCUT2D eigenvalue weighted by Gasteiger charge is -2.01. The summed E-state index contributed by atoms with van der Waals surface area (Å²) in [6.45, 7) is 0.747. The summed E-state index contributed by atoms with van der Waals surface area (Å²) < 4.78 is 3.10. The SMILES string of the molecule is Ic1cccc(Cn2cc(-c3ccccc3)nn2)c1. The van der Waals surface area contributed by atoms with Crippen molar-refractivity contribution in [3.63, 3.8) is 0 Å². The lowest BCUT2D eigenvalue weighted by molar-refractivity contribution is 0.649. The van der Waals surface area contributed by atoms with Crippen LogP contribution < -0.4 is 0 Å². The van der Waals surface area contributed by atoms with Crippen LogP contribution in [0.25, 0.3) is 11.3 Å². The number of hydrogen-bond donors (Lipinski definition) is 0. The second kappa shape index (κ2) is 5.52. The van der Waals surface area contributed by atoms with Gasteiger partial charge in [-0.3, -0.25) is 0 Å². The van der Waals surface area contributed by atoms with Crippen molar-refractivity contribution in [2.45, 2.75) is 6.54 Å². The van der Waals surface area contributed by atoms with Gasteiger partial charge in [0, 0.05) is 9.13 Å². The maximum Gasteiger partial charge on any atom is 0.113 e. The molecule has 0 spiro atoms. The van der Waals surface area contributed by atoms with Gasteiger partial charge in [0.1, 0.15) is 5.69 Å². The molecule has 0 N–H and O–H groups in total. The molecule has 3 aromatic rings. The molecule has 0 amide bonds. The van der Waals surface area contributed by atoms with Gasteiger partial charge in [0.25, 0.3) is 0 Å². The summed E-state index contributed by atoms with van der Waals surface area (Å²) in [7, 11) is 0. The Morgan fingerprint density at radius 3 is 2.63 bits per heavy atom. The molecular formula is C15H12IN3. The standard InChI is InChI=1S/C15H12IN3/c16-14-8-4-5-12(9-14)10-19-11-15(17-18-19)13-6-2-1-3-7-13/h1-9,11H,10H2. The Balaban J connectivity index is 1.82. The molecule has 0 radical (unpaired) electrons. The molecule has 0 unspecified atom stereocenters. The fourth-order valence-electron chi connectivity index (χ4n) is 1.94. The summed E-state index contributed by atoms with van der Waals surface area (Å²) in [5.74, 6) is 0. The van der Waals surface area contributed by atoms with E-state index in [1.165, 1.54) is 9.13 Å². The topological polar surface area (TPSA) is 30.7 Å². The number of aromatic nitrogens is 3. The van der Waals surface area contributed by atoms with E-state index in [-0.39, 0.29) is 0 Å². The third-order valence-electron chi connectivity index (χ3n) is 2.84.